The Hall–Kier alpha value is -3.18. The number of carboxylic acid groups (broad SMARTS) is 1. The van der Waals surface area contributed by atoms with Crippen molar-refractivity contribution in [3.05, 3.63) is 83.4 Å². The van der Waals surface area contributed by atoms with Crippen molar-refractivity contribution in [3.8, 4) is 0 Å². The molecule has 0 bridgehead atoms. The van der Waals surface area contributed by atoms with Gasteiger partial charge in [-0.1, -0.05) is 61.0 Å². The van der Waals surface area contributed by atoms with Crippen molar-refractivity contribution in [1.82, 2.24) is 10.6 Å². The van der Waals surface area contributed by atoms with Crippen molar-refractivity contribution in [2.24, 2.45) is 5.41 Å². The zero-order valence-electron chi connectivity index (χ0n) is 20.3. The predicted molar refractivity (Wildman–Crippen MR) is 139 cm³/mol. The van der Waals surface area contributed by atoms with Crippen LogP contribution in [0.15, 0.2) is 66.7 Å². The van der Waals surface area contributed by atoms with Crippen molar-refractivity contribution >= 4 is 22.6 Å². The van der Waals surface area contributed by atoms with Crippen LogP contribution in [-0.4, -0.2) is 29.6 Å². The van der Waals surface area contributed by atoms with Crippen LogP contribution in [0.25, 0.3) is 10.8 Å². The number of rotatable bonds is 8. The number of carbonyl (C=O) groups is 2. The number of carbonyl (C=O) groups excluding carboxylic acids is 1. The number of carboxylic acids is 1. The first-order chi connectivity index (χ1) is 16.9. The first kappa shape index (κ1) is 23.6. The molecule has 0 aliphatic heterocycles. The van der Waals surface area contributed by atoms with Gasteiger partial charge in [0.15, 0.2) is 0 Å². The molecule has 3 atom stereocenters. The van der Waals surface area contributed by atoms with Gasteiger partial charge in [0.05, 0.1) is 5.41 Å². The van der Waals surface area contributed by atoms with E-state index in [2.05, 4.69) is 72.2 Å². The summed E-state index contributed by atoms with van der Waals surface area (Å²) in [5.74, 6) is -0.542. The minimum absolute atomic E-state index is 0.198. The van der Waals surface area contributed by atoms with Crippen molar-refractivity contribution < 1.29 is 14.7 Å². The van der Waals surface area contributed by atoms with Crippen LogP contribution < -0.4 is 10.6 Å². The summed E-state index contributed by atoms with van der Waals surface area (Å²) >= 11 is 0. The van der Waals surface area contributed by atoms with Gasteiger partial charge in [-0.05, 0) is 79.0 Å². The van der Waals surface area contributed by atoms with Crippen molar-refractivity contribution in [3.63, 3.8) is 0 Å². The number of benzene rings is 3. The van der Waals surface area contributed by atoms with Gasteiger partial charge in [0.25, 0.3) is 5.91 Å². The zero-order valence-corrected chi connectivity index (χ0v) is 20.3. The molecule has 2 aliphatic carbocycles. The Morgan fingerprint density at radius 1 is 1.00 bits per heavy atom. The van der Waals surface area contributed by atoms with E-state index in [-0.39, 0.29) is 18.5 Å². The number of hydrogen-bond donors (Lipinski definition) is 3. The lowest BCUT2D eigenvalue weighted by Crippen LogP contribution is -2.35. The second-order valence-corrected chi connectivity index (χ2v) is 10.4. The maximum Gasteiger partial charge on any atom is 0.311 e. The van der Waals surface area contributed by atoms with Crippen LogP contribution in [0.5, 0.6) is 0 Å². The second-order valence-electron chi connectivity index (χ2n) is 10.4. The number of hydrogen-bond acceptors (Lipinski definition) is 3. The fourth-order valence-corrected chi connectivity index (χ4v) is 5.59. The van der Waals surface area contributed by atoms with E-state index in [1.54, 1.807) is 0 Å². The minimum Gasteiger partial charge on any atom is -0.481 e. The number of aliphatic carboxylic acids is 1. The molecule has 0 heterocycles. The molecule has 0 unspecified atom stereocenters. The molecule has 5 heteroatoms. The normalized spacial score (nSPS) is 21.9. The van der Waals surface area contributed by atoms with Gasteiger partial charge in [-0.15, -0.1) is 0 Å². The van der Waals surface area contributed by atoms with Crippen molar-refractivity contribution in [2.45, 2.75) is 63.5 Å². The summed E-state index contributed by atoms with van der Waals surface area (Å²) in [4.78, 5) is 23.8. The molecule has 182 valence electrons. The van der Waals surface area contributed by atoms with Gasteiger partial charge in [-0.2, -0.15) is 0 Å². The molecule has 0 aromatic heterocycles. The van der Waals surface area contributed by atoms with Gasteiger partial charge in [0.1, 0.15) is 0 Å². The first-order valence-corrected chi connectivity index (χ1v) is 12.8. The topological polar surface area (TPSA) is 78.4 Å². The fraction of sp³-hybridized carbons (Fsp3) is 0.400. The van der Waals surface area contributed by atoms with E-state index in [9.17, 15) is 14.7 Å². The molecule has 3 aromatic carbocycles. The van der Waals surface area contributed by atoms with E-state index in [4.69, 9.17) is 0 Å². The molecule has 3 N–H and O–H groups in total. The highest BCUT2D eigenvalue weighted by molar-refractivity contribution is 5.94. The van der Waals surface area contributed by atoms with Gasteiger partial charge in [-0.3, -0.25) is 9.59 Å². The van der Waals surface area contributed by atoms with E-state index in [0.717, 1.165) is 12.8 Å². The van der Waals surface area contributed by atoms with Gasteiger partial charge in [-0.25, -0.2) is 0 Å². The molecule has 2 saturated carbocycles. The summed E-state index contributed by atoms with van der Waals surface area (Å²) in [6.45, 7) is 2.46. The molecule has 2 aliphatic rings. The standard InChI is InChI=1S/C30H34N2O3/c1-20(26-11-5-7-22-6-2-3-10-27(22)26)32-25-9-4-8-24(18-25)21-12-14-23(15-13-21)28(33)31-19-30(16-17-30)29(34)35/h2-3,5-7,10-15,20,24-25,32H,4,8-9,16-19H2,1H3,(H,31,33)(H,34,35)/t20-,24+,25+/m1/s1. The first-order valence-electron chi connectivity index (χ1n) is 12.8. The predicted octanol–water partition coefficient (Wildman–Crippen LogP) is 5.81. The summed E-state index contributed by atoms with van der Waals surface area (Å²) in [6, 6.07) is 23.7. The number of nitrogens with one attached hydrogen (secondary N) is 2. The van der Waals surface area contributed by atoms with Gasteiger partial charge >= 0.3 is 5.97 Å². The van der Waals surface area contributed by atoms with Crippen molar-refractivity contribution in [2.75, 3.05) is 6.54 Å². The lowest BCUT2D eigenvalue weighted by molar-refractivity contribution is -0.143. The largest absolute Gasteiger partial charge is 0.481 e. The molecule has 0 saturated heterocycles. The quantitative estimate of drug-likeness (QED) is 0.388. The van der Waals surface area contributed by atoms with Crippen LogP contribution in [-0.2, 0) is 4.79 Å². The molecule has 35 heavy (non-hydrogen) atoms. The van der Waals surface area contributed by atoms with Crippen LogP contribution in [0.4, 0.5) is 0 Å². The third kappa shape index (κ3) is 5.10. The molecule has 2 fully saturated rings. The van der Waals surface area contributed by atoms with E-state index in [1.807, 2.05) is 12.1 Å². The van der Waals surface area contributed by atoms with Crippen LogP contribution in [0.1, 0.15) is 78.9 Å². The maximum absolute atomic E-state index is 12.5. The van der Waals surface area contributed by atoms with Crippen LogP contribution >= 0.6 is 0 Å². The lowest BCUT2D eigenvalue weighted by atomic mass is 9.80. The molecule has 1 amide bonds. The highest BCUT2D eigenvalue weighted by Gasteiger charge is 2.50. The molecule has 0 spiro atoms. The Labute approximate surface area is 206 Å². The Morgan fingerprint density at radius 2 is 1.74 bits per heavy atom. The fourth-order valence-electron chi connectivity index (χ4n) is 5.59. The smallest absolute Gasteiger partial charge is 0.311 e. The maximum atomic E-state index is 12.5. The van der Waals surface area contributed by atoms with Crippen LogP contribution in [0.3, 0.4) is 0 Å². The van der Waals surface area contributed by atoms with Gasteiger partial charge in [0, 0.05) is 24.2 Å². The SMILES string of the molecule is C[C@@H](N[C@H]1CCC[C@H](c2ccc(C(=O)NCC3(C(=O)O)CC3)cc2)C1)c1cccc2ccccc12. The summed E-state index contributed by atoms with van der Waals surface area (Å²) in [7, 11) is 0. The summed E-state index contributed by atoms with van der Waals surface area (Å²) < 4.78 is 0. The Bertz CT molecular complexity index is 1210. The average molecular weight is 471 g/mol. The van der Waals surface area contributed by atoms with Gasteiger partial charge < -0.3 is 15.7 Å². The highest BCUT2D eigenvalue weighted by atomic mass is 16.4. The second kappa shape index (κ2) is 9.82. The average Bonchev–Trinajstić information content (AvgIpc) is 3.69. The highest BCUT2D eigenvalue weighted by Crippen LogP contribution is 2.45. The summed E-state index contributed by atoms with van der Waals surface area (Å²) in [5, 5.41) is 18.6. The van der Waals surface area contributed by atoms with E-state index < -0.39 is 11.4 Å². The van der Waals surface area contributed by atoms with Gasteiger partial charge in [0.2, 0.25) is 0 Å². The molecule has 3 aromatic rings. The minimum atomic E-state index is -0.816. The third-order valence-electron chi connectivity index (χ3n) is 7.99. The van der Waals surface area contributed by atoms with E-state index in [0.29, 0.717) is 30.4 Å². The molecule has 5 nitrogen and oxygen atoms in total. The third-order valence-corrected chi connectivity index (χ3v) is 7.99. The van der Waals surface area contributed by atoms with E-state index >= 15 is 0 Å². The van der Waals surface area contributed by atoms with E-state index in [1.165, 1.54) is 34.7 Å². The summed E-state index contributed by atoms with van der Waals surface area (Å²) in [5.41, 5.74) is 2.46. The molecule has 5 rings (SSSR count). The molecule has 0 radical (unpaired) electrons. The van der Waals surface area contributed by atoms with Crippen LogP contribution in [0.2, 0.25) is 0 Å². The molecular weight excluding hydrogens is 436 g/mol. The lowest BCUT2D eigenvalue weighted by Gasteiger charge is -2.32. The monoisotopic (exact) mass is 470 g/mol. The summed E-state index contributed by atoms with van der Waals surface area (Å²) in [6.07, 6.45) is 5.88. The van der Waals surface area contributed by atoms with Crippen molar-refractivity contribution in [1.29, 1.82) is 0 Å². The number of fused-ring (bicyclic) bond motifs is 1. The van der Waals surface area contributed by atoms with Crippen LogP contribution in [0, 0.1) is 5.41 Å². The number of amides is 1. The Kier molecular flexibility index (Phi) is 6.61. The zero-order chi connectivity index (χ0) is 24.4. The Morgan fingerprint density at radius 3 is 2.49 bits per heavy atom. The molecular formula is C30H34N2O3. The Balaban J connectivity index is 1.19.